The van der Waals surface area contributed by atoms with Gasteiger partial charge in [0.1, 0.15) is 17.2 Å². The van der Waals surface area contributed by atoms with Gasteiger partial charge in [-0.2, -0.15) is 0 Å². The van der Waals surface area contributed by atoms with E-state index in [1.54, 1.807) is 19.3 Å². The highest BCUT2D eigenvalue weighted by Gasteiger charge is 2.34. The largest absolute Gasteiger partial charge is 0.507 e. The molecule has 2 aromatic carbocycles. The maximum Gasteiger partial charge on any atom is 0.232 e. The SMILES string of the molecule is COc1ccc2c(c1)c(/C=C1\Oc3c(CN4CCN(C)CC4)c(O)cc(C)c3C1=O)cn2C. The molecule has 0 radical (unpaired) electrons. The Balaban J connectivity index is 1.53. The zero-order valence-electron chi connectivity index (χ0n) is 19.5. The van der Waals surface area contributed by atoms with Crippen molar-refractivity contribution in [2.75, 3.05) is 40.3 Å². The van der Waals surface area contributed by atoms with E-state index in [-0.39, 0.29) is 17.3 Å². The normalized spacial score (nSPS) is 18.2. The first-order chi connectivity index (χ1) is 15.9. The van der Waals surface area contributed by atoms with Crippen molar-refractivity contribution in [2.45, 2.75) is 13.5 Å². The Morgan fingerprint density at radius 3 is 2.64 bits per heavy atom. The number of allylic oxidation sites excluding steroid dienone is 1. The zero-order valence-corrected chi connectivity index (χ0v) is 19.5. The first-order valence-corrected chi connectivity index (χ1v) is 11.2. The third-order valence-electron chi connectivity index (χ3n) is 6.71. The first kappa shape index (κ1) is 21.6. The molecule has 0 atom stereocenters. The number of ether oxygens (including phenoxy) is 2. The molecule has 1 fully saturated rings. The lowest BCUT2D eigenvalue weighted by atomic mass is 9.99. The van der Waals surface area contributed by atoms with Crippen LogP contribution in [-0.2, 0) is 13.6 Å². The van der Waals surface area contributed by atoms with Crippen LogP contribution in [0.2, 0.25) is 0 Å². The number of fused-ring (bicyclic) bond motifs is 2. The smallest absolute Gasteiger partial charge is 0.232 e. The van der Waals surface area contributed by atoms with Crippen LogP contribution in [0.3, 0.4) is 0 Å². The van der Waals surface area contributed by atoms with Gasteiger partial charge in [-0.25, -0.2) is 0 Å². The van der Waals surface area contributed by atoms with Gasteiger partial charge < -0.3 is 24.0 Å². The topological polar surface area (TPSA) is 67.2 Å². The summed E-state index contributed by atoms with van der Waals surface area (Å²) in [4.78, 5) is 17.9. The standard InChI is InChI=1S/C26H29N3O4/c1-16-11-22(30)20(15-29-9-7-27(2)8-10-29)26-24(16)25(31)23(33-26)12-17-14-28(3)21-6-5-18(32-4)13-19(17)21/h5-6,11-14,30H,7-10,15H2,1-4H3/b23-12-. The molecule has 0 unspecified atom stereocenters. The molecule has 7 heteroatoms. The zero-order chi connectivity index (χ0) is 23.3. The highest BCUT2D eigenvalue weighted by atomic mass is 16.5. The second-order valence-corrected chi connectivity index (χ2v) is 8.99. The van der Waals surface area contributed by atoms with Gasteiger partial charge in [-0.05, 0) is 49.9 Å². The van der Waals surface area contributed by atoms with Gasteiger partial charge in [-0.1, -0.05) is 0 Å². The summed E-state index contributed by atoms with van der Waals surface area (Å²) in [5.74, 6) is 1.54. The maximum atomic E-state index is 13.4. The second kappa shape index (κ2) is 8.24. The summed E-state index contributed by atoms with van der Waals surface area (Å²) >= 11 is 0. The molecule has 3 aromatic rings. The quantitative estimate of drug-likeness (QED) is 0.617. The van der Waals surface area contributed by atoms with Crippen molar-refractivity contribution < 1.29 is 19.4 Å². The van der Waals surface area contributed by atoms with E-state index in [1.807, 2.05) is 42.9 Å². The monoisotopic (exact) mass is 447 g/mol. The molecule has 1 N–H and O–H groups in total. The molecule has 2 aliphatic rings. The van der Waals surface area contributed by atoms with Gasteiger partial charge >= 0.3 is 0 Å². The summed E-state index contributed by atoms with van der Waals surface area (Å²) in [6, 6.07) is 7.56. The molecule has 2 aliphatic heterocycles. The fourth-order valence-electron chi connectivity index (χ4n) is 4.75. The number of piperazine rings is 1. The Hall–Kier alpha value is -3.29. The number of carbonyl (C=O) groups excluding carboxylic acids is 1. The Kier molecular flexibility index (Phi) is 5.38. The average Bonchev–Trinajstić information content (AvgIpc) is 3.29. The average molecular weight is 448 g/mol. The molecule has 33 heavy (non-hydrogen) atoms. The number of Topliss-reactive ketones (excluding diaryl/α,β-unsaturated/α-hetero) is 1. The second-order valence-electron chi connectivity index (χ2n) is 8.99. The highest BCUT2D eigenvalue weighted by molar-refractivity contribution is 6.16. The van der Waals surface area contributed by atoms with Crippen LogP contribution in [0.25, 0.3) is 17.0 Å². The van der Waals surface area contributed by atoms with E-state index >= 15 is 0 Å². The molecular formula is C26H29N3O4. The Bertz CT molecular complexity index is 1280. The highest BCUT2D eigenvalue weighted by Crippen LogP contribution is 2.42. The number of likely N-dealkylation sites (N-methyl/N-ethyl adjacent to an activating group) is 1. The van der Waals surface area contributed by atoms with Crippen molar-refractivity contribution in [1.82, 2.24) is 14.4 Å². The number of phenolic OH excluding ortho intramolecular Hbond substituents is 1. The molecule has 0 saturated carbocycles. The number of phenols is 1. The first-order valence-electron chi connectivity index (χ1n) is 11.2. The van der Waals surface area contributed by atoms with E-state index in [4.69, 9.17) is 9.47 Å². The van der Waals surface area contributed by atoms with Crippen LogP contribution in [0.1, 0.15) is 27.0 Å². The van der Waals surface area contributed by atoms with Crippen LogP contribution in [-0.4, -0.2) is 65.6 Å². The molecule has 172 valence electrons. The van der Waals surface area contributed by atoms with Crippen LogP contribution in [0.15, 0.2) is 36.2 Å². The lowest BCUT2D eigenvalue weighted by molar-refractivity contribution is 0.101. The number of rotatable bonds is 4. The molecule has 0 amide bonds. The summed E-state index contributed by atoms with van der Waals surface area (Å²) in [6.45, 7) is 6.16. The molecule has 0 bridgehead atoms. The van der Waals surface area contributed by atoms with Crippen LogP contribution in [0, 0.1) is 6.92 Å². The third kappa shape index (κ3) is 3.77. The Morgan fingerprint density at radius 2 is 1.91 bits per heavy atom. The van der Waals surface area contributed by atoms with Gasteiger partial charge in [0.05, 0.1) is 18.2 Å². The number of aryl methyl sites for hydroxylation is 2. The number of ketones is 1. The van der Waals surface area contributed by atoms with Gasteiger partial charge in [-0.15, -0.1) is 0 Å². The predicted molar refractivity (Wildman–Crippen MR) is 128 cm³/mol. The number of hydrogen-bond acceptors (Lipinski definition) is 6. The number of benzene rings is 2. The van der Waals surface area contributed by atoms with Crippen molar-refractivity contribution >= 4 is 22.8 Å². The summed E-state index contributed by atoms with van der Waals surface area (Å²) in [5, 5.41) is 11.7. The van der Waals surface area contributed by atoms with Crippen molar-refractivity contribution in [3.8, 4) is 17.2 Å². The van der Waals surface area contributed by atoms with Gasteiger partial charge in [0, 0.05) is 62.4 Å². The van der Waals surface area contributed by atoms with Crippen molar-refractivity contribution in [1.29, 1.82) is 0 Å². The summed E-state index contributed by atoms with van der Waals surface area (Å²) in [7, 11) is 5.72. The number of carbonyl (C=O) groups is 1. The third-order valence-corrected chi connectivity index (χ3v) is 6.71. The minimum absolute atomic E-state index is 0.151. The van der Waals surface area contributed by atoms with E-state index in [0.29, 0.717) is 23.4 Å². The fourth-order valence-corrected chi connectivity index (χ4v) is 4.75. The molecule has 3 heterocycles. The van der Waals surface area contributed by atoms with Crippen LogP contribution >= 0.6 is 0 Å². The van der Waals surface area contributed by atoms with Gasteiger partial charge in [0.15, 0.2) is 5.76 Å². The van der Waals surface area contributed by atoms with E-state index in [2.05, 4.69) is 16.8 Å². The van der Waals surface area contributed by atoms with Gasteiger partial charge in [0.2, 0.25) is 5.78 Å². The minimum atomic E-state index is -0.151. The fraction of sp³-hybridized carbons (Fsp3) is 0.346. The number of hydrogen-bond donors (Lipinski definition) is 1. The number of aromatic nitrogens is 1. The van der Waals surface area contributed by atoms with E-state index in [9.17, 15) is 9.90 Å². The van der Waals surface area contributed by atoms with Crippen LogP contribution < -0.4 is 9.47 Å². The number of methoxy groups -OCH3 is 1. The molecule has 5 rings (SSSR count). The molecule has 1 saturated heterocycles. The van der Waals surface area contributed by atoms with E-state index in [1.165, 1.54) is 0 Å². The van der Waals surface area contributed by atoms with Crippen molar-refractivity contribution in [3.63, 3.8) is 0 Å². The lowest BCUT2D eigenvalue weighted by Crippen LogP contribution is -2.43. The molecular weight excluding hydrogens is 418 g/mol. The Labute approximate surface area is 193 Å². The van der Waals surface area contributed by atoms with Crippen molar-refractivity contribution in [3.05, 3.63) is 58.5 Å². The summed E-state index contributed by atoms with van der Waals surface area (Å²) in [5.41, 5.74) is 3.86. The van der Waals surface area contributed by atoms with Gasteiger partial charge in [0.25, 0.3) is 0 Å². The molecule has 0 spiro atoms. The number of nitrogens with zero attached hydrogens (tertiary/aromatic N) is 3. The molecule has 0 aliphatic carbocycles. The minimum Gasteiger partial charge on any atom is -0.507 e. The molecule has 7 nitrogen and oxygen atoms in total. The van der Waals surface area contributed by atoms with E-state index < -0.39 is 0 Å². The molecule has 1 aromatic heterocycles. The van der Waals surface area contributed by atoms with Crippen LogP contribution in [0.5, 0.6) is 17.2 Å². The van der Waals surface area contributed by atoms with Crippen LogP contribution in [0.4, 0.5) is 0 Å². The van der Waals surface area contributed by atoms with Crippen molar-refractivity contribution in [2.24, 2.45) is 7.05 Å². The summed E-state index contributed by atoms with van der Waals surface area (Å²) in [6.07, 6.45) is 3.77. The lowest BCUT2D eigenvalue weighted by Gasteiger charge is -2.32. The Morgan fingerprint density at radius 1 is 1.15 bits per heavy atom. The van der Waals surface area contributed by atoms with Gasteiger partial charge in [-0.3, -0.25) is 9.69 Å². The van der Waals surface area contributed by atoms with E-state index in [0.717, 1.165) is 54.0 Å². The summed E-state index contributed by atoms with van der Waals surface area (Å²) < 4.78 is 13.6. The maximum absolute atomic E-state index is 13.4. The number of aromatic hydroxyl groups is 1. The predicted octanol–water partition coefficient (Wildman–Crippen LogP) is 3.56.